The molecule has 1 saturated carbocycles. The Bertz CT molecular complexity index is 373. The Hall–Kier alpha value is -1.56. The van der Waals surface area contributed by atoms with Crippen LogP contribution in [0.25, 0.3) is 0 Å². The molecule has 0 aromatic heterocycles. The molecule has 0 N–H and O–H groups in total. The Morgan fingerprint density at radius 1 is 1.00 bits per heavy atom. The van der Waals surface area contributed by atoms with Crippen molar-refractivity contribution in [2.24, 2.45) is 5.41 Å². The van der Waals surface area contributed by atoms with Crippen LogP contribution < -0.4 is 0 Å². The molecule has 0 amide bonds. The van der Waals surface area contributed by atoms with Crippen LogP contribution >= 0.6 is 0 Å². The summed E-state index contributed by atoms with van der Waals surface area (Å²) < 4.78 is 0. The molecule has 16 heavy (non-hydrogen) atoms. The maximum atomic E-state index is 4.07. The van der Waals surface area contributed by atoms with Crippen molar-refractivity contribution >= 4 is 0 Å². The maximum Gasteiger partial charge on any atom is 0.0155 e. The lowest BCUT2D eigenvalue weighted by Crippen LogP contribution is -2.10. The van der Waals surface area contributed by atoms with Crippen LogP contribution in [-0.4, -0.2) is 0 Å². The molecule has 0 spiro atoms. The molecule has 0 atom stereocenters. The second-order valence-corrected chi connectivity index (χ2v) is 4.10. The fourth-order valence-corrected chi connectivity index (χ4v) is 2.19. The molecule has 0 aromatic carbocycles. The number of rotatable bonds is 1. The molecule has 0 heterocycles. The van der Waals surface area contributed by atoms with E-state index in [0.717, 1.165) is 11.1 Å². The van der Waals surface area contributed by atoms with E-state index in [0.29, 0.717) is 0 Å². The van der Waals surface area contributed by atoms with E-state index >= 15 is 0 Å². The first-order valence-electron chi connectivity index (χ1n) is 5.35. The highest BCUT2D eigenvalue weighted by atomic mass is 14.4. The van der Waals surface area contributed by atoms with Gasteiger partial charge in [-0.25, -0.2) is 0 Å². The van der Waals surface area contributed by atoms with E-state index in [1.165, 1.54) is 11.1 Å². The van der Waals surface area contributed by atoms with Crippen LogP contribution in [0.1, 0.15) is 20.8 Å². The summed E-state index contributed by atoms with van der Waals surface area (Å²) in [6.45, 7) is 24.3. The summed E-state index contributed by atoms with van der Waals surface area (Å²) in [6, 6.07) is 0. The van der Waals surface area contributed by atoms with Crippen molar-refractivity contribution in [1.82, 2.24) is 0 Å². The molecule has 1 fully saturated rings. The highest BCUT2D eigenvalue weighted by molar-refractivity contribution is 5.67. The van der Waals surface area contributed by atoms with Crippen molar-refractivity contribution in [1.29, 1.82) is 0 Å². The van der Waals surface area contributed by atoms with Gasteiger partial charge in [-0.05, 0) is 29.2 Å². The van der Waals surface area contributed by atoms with Gasteiger partial charge in [0.25, 0.3) is 0 Å². The van der Waals surface area contributed by atoms with Crippen LogP contribution in [0.4, 0.5) is 0 Å². The molecular formula is C16H22. The van der Waals surface area contributed by atoms with Crippen LogP contribution in [-0.2, 0) is 0 Å². The van der Waals surface area contributed by atoms with Crippen molar-refractivity contribution in [3.63, 3.8) is 0 Å². The number of allylic oxidation sites excluding steroid dienone is 7. The molecule has 0 aliphatic heterocycles. The van der Waals surface area contributed by atoms with E-state index in [4.69, 9.17) is 0 Å². The Labute approximate surface area is 100 Å². The molecule has 1 aliphatic carbocycles. The van der Waals surface area contributed by atoms with Gasteiger partial charge >= 0.3 is 0 Å². The van der Waals surface area contributed by atoms with E-state index in [1.54, 1.807) is 0 Å². The highest BCUT2D eigenvalue weighted by Gasteiger charge is 2.37. The zero-order valence-corrected chi connectivity index (χ0v) is 10.8. The molecule has 86 valence electrons. The molecule has 0 nitrogen and oxygen atoms in total. The van der Waals surface area contributed by atoms with Gasteiger partial charge in [0.05, 0.1) is 0 Å². The average Bonchev–Trinajstić information content (AvgIpc) is 2.42. The van der Waals surface area contributed by atoms with Crippen LogP contribution in [0.15, 0.2) is 73.4 Å². The number of hydrogen-bond donors (Lipinski definition) is 0. The zero-order valence-electron chi connectivity index (χ0n) is 10.8. The summed E-state index contributed by atoms with van der Waals surface area (Å²) in [5.41, 5.74) is 4.63. The van der Waals surface area contributed by atoms with Crippen LogP contribution in [0, 0.1) is 5.41 Å². The first-order chi connectivity index (χ1) is 7.46. The molecule has 0 radical (unpaired) electrons. The van der Waals surface area contributed by atoms with E-state index < -0.39 is 0 Å². The Balaban J connectivity index is 0.00000106. The van der Waals surface area contributed by atoms with Gasteiger partial charge in [-0.3, -0.25) is 0 Å². The predicted octanol–water partition coefficient (Wildman–Crippen LogP) is 5.00. The summed E-state index contributed by atoms with van der Waals surface area (Å²) in [5, 5.41) is 0. The maximum absolute atomic E-state index is 4.07. The zero-order chi connectivity index (χ0) is 12.9. The molecule has 1 rings (SSSR count). The normalized spacial score (nSPS) is 23.2. The Morgan fingerprint density at radius 3 is 1.75 bits per heavy atom. The first-order valence-corrected chi connectivity index (χ1v) is 5.35. The lowest BCUT2D eigenvalue weighted by atomic mass is 9.82. The molecule has 0 unspecified atom stereocenters. The monoisotopic (exact) mass is 214 g/mol. The summed E-state index contributed by atoms with van der Waals surface area (Å²) in [4.78, 5) is 0. The third kappa shape index (κ3) is 2.16. The second kappa shape index (κ2) is 5.50. The van der Waals surface area contributed by atoms with Gasteiger partial charge in [-0.2, -0.15) is 0 Å². The van der Waals surface area contributed by atoms with E-state index in [9.17, 15) is 0 Å². The van der Waals surface area contributed by atoms with Gasteiger partial charge in [-0.1, -0.05) is 51.8 Å². The van der Waals surface area contributed by atoms with Gasteiger partial charge in [0.2, 0.25) is 0 Å². The van der Waals surface area contributed by atoms with E-state index in [-0.39, 0.29) is 5.41 Å². The third-order valence-electron chi connectivity index (χ3n) is 2.93. The van der Waals surface area contributed by atoms with Crippen LogP contribution in [0.5, 0.6) is 0 Å². The fraction of sp³-hybridized carbons (Fsp3) is 0.250. The largest absolute Gasteiger partial charge is 0.106 e. The van der Waals surface area contributed by atoms with Crippen molar-refractivity contribution in [3.8, 4) is 0 Å². The van der Waals surface area contributed by atoms with Gasteiger partial charge in [0.15, 0.2) is 0 Å². The molecule has 0 aromatic rings. The Morgan fingerprint density at radius 2 is 1.44 bits per heavy atom. The third-order valence-corrected chi connectivity index (χ3v) is 2.93. The molecular weight excluding hydrogens is 192 g/mol. The lowest BCUT2D eigenvalue weighted by Gasteiger charge is -2.21. The van der Waals surface area contributed by atoms with Crippen LogP contribution in [0.3, 0.4) is 0 Å². The Kier molecular flexibility index (Phi) is 4.97. The standard InChI is InChI=1S/C14H18.C2H4/c1-7-9-13-11(4)10(3)12(8-2)14(13,5)6;1-2/h7-9H,1,3-4H2,2,5-6H3;1-2H2/b12-8+,13-9+;. The quantitative estimate of drug-likeness (QED) is 0.539. The van der Waals surface area contributed by atoms with Gasteiger partial charge < -0.3 is 0 Å². The summed E-state index contributed by atoms with van der Waals surface area (Å²) in [5.74, 6) is 0. The van der Waals surface area contributed by atoms with E-state index in [1.807, 2.05) is 19.1 Å². The topological polar surface area (TPSA) is 0 Å². The van der Waals surface area contributed by atoms with Gasteiger partial charge in [0.1, 0.15) is 0 Å². The van der Waals surface area contributed by atoms with Crippen LogP contribution in [0.2, 0.25) is 0 Å². The van der Waals surface area contributed by atoms with Crippen molar-refractivity contribution < 1.29 is 0 Å². The average molecular weight is 214 g/mol. The summed E-state index contributed by atoms with van der Waals surface area (Å²) in [7, 11) is 0. The van der Waals surface area contributed by atoms with Crippen molar-refractivity contribution in [2.45, 2.75) is 20.8 Å². The minimum absolute atomic E-state index is 0.0249. The smallest absolute Gasteiger partial charge is 0.0155 e. The lowest BCUT2D eigenvalue weighted by molar-refractivity contribution is 0.582. The number of hydrogen-bond acceptors (Lipinski definition) is 0. The molecule has 0 heteroatoms. The van der Waals surface area contributed by atoms with Gasteiger partial charge in [0, 0.05) is 5.41 Å². The predicted molar refractivity (Wildman–Crippen MR) is 75.4 cm³/mol. The highest BCUT2D eigenvalue weighted by Crippen LogP contribution is 2.51. The minimum atomic E-state index is 0.0249. The fourth-order valence-electron chi connectivity index (χ4n) is 2.19. The first kappa shape index (κ1) is 14.4. The summed E-state index contributed by atoms with van der Waals surface area (Å²) in [6.07, 6.45) is 5.97. The van der Waals surface area contributed by atoms with E-state index in [2.05, 4.69) is 52.8 Å². The second-order valence-electron chi connectivity index (χ2n) is 4.10. The van der Waals surface area contributed by atoms with Gasteiger partial charge in [-0.15, -0.1) is 13.2 Å². The van der Waals surface area contributed by atoms with Crippen molar-refractivity contribution in [3.05, 3.63) is 73.4 Å². The minimum Gasteiger partial charge on any atom is -0.106 e. The molecule has 0 saturated heterocycles. The molecule has 0 bridgehead atoms. The molecule has 1 aliphatic rings. The summed E-state index contributed by atoms with van der Waals surface area (Å²) >= 11 is 0. The van der Waals surface area contributed by atoms with Crippen molar-refractivity contribution in [2.75, 3.05) is 0 Å². The SMILES string of the molecule is C=C.C=C/C=C1\C(=C)C(=C)/C(=C\C)C1(C)C.